The number of nitrogens with two attached hydrogens (primary N) is 1. The molecular weight excluding hydrogens is 246 g/mol. The van der Waals surface area contributed by atoms with Gasteiger partial charge in [-0.25, -0.2) is 4.99 Å². The Morgan fingerprint density at radius 2 is 2.33 bits per heavy atom. The van der Waals surface area contributed by atoms with Crippen LogP contribution in [0.2, 0.25) is 0 Å². The summed E-state index contributed by atoms with van der Waals surface area (Å²) in [5.41, 5.74) is 6.84. The van der Waals surface area contributed by atoms with Gasteiger partial charge in [0.05, 0.1) is 5.03 Å². The molecule has 0 fully saturated rings. The highest BCUT2D eigenvalue weighted by atomic mass is 32.2. The first-order valence-corrected chi connectivity index (χ1v) is 6.48. The van der Waals surface area contributed by atoms with Crippen molar-refractivity contribution in [1.29, 1.82) is 0 Å². The first-order valence-electron chi connectivity index (χ1n) is 5.26. The maximum Gasteiger partial charge on any atom is 0.187 e. The monoisotopic (exact) mass is 259 g/mol. The zero-order chi connectivity index (χ0) is 13.0. The van der Waals surface area contributed by atoms with Crippen LogP contribution in [0.5, 0.6) is 0 Å². The Kier molecular flexibility index (Phi) is 3.78. The second kappa shape index (κ2) is 5.50. The molecular formula is C12H13N5S. The van der Waals surface area contributed by atoms with E-state index < -0.39 is 0 Å². The number of rotatable bonds is 4. The molecule has 0 aliphatic carbocycles. The summed E-state index contributed by atoms with van der Waals surface area (Å²) in [6.07, 6.45) is 6.91. The molecule has 2 N–H and O–H groups in total. The molecule has 0 unspecified atom stereocenters. The van der Waals surface area contributed by atoms with Gasteiger partial charge in [-0.05, 0) is 30.7 Å². The molecule has 0 atom stereocenters. The molecule has 18 heavy (non-hydrogen) atoms. The van der Waals surface area contributed by atoms with E-state index in [1.165, 1.54) is 18.0 Å². The molecule has 0 saturated carbocycles. The fourth-order valence-corrected chi connectivity index (χ4v) is 1.64. The van der Waals surface area contributed by atoms with E-state index in [0.717, 1.165) is 5.65 Å². The molecule has 0 aliphatic heterocycles. The lowest BCUT2D eigenvalue weighted by Gasteiger charge is -2.00. The number of aliphatic imine (C=N–C) groups is 1. The summed E-state index contributed by atoms with van der Waals surface area (Å²) in [5.74, 6) is 0.641. The van der Waals surface area contributed by atoms with Crippen LogP contribution in [-0.2, 0) is 0 Å². The van der Waals surface area contributed by atoms with Crippen LogP contribution in [0.1, 0.15) is 5.82 Å². The summed E-state index contributed by atoms with van der Waals surface area (Å²) >= 11 is 1.47. The Morgan fingerprint density at radius 1 is 1.50 bits per heavy atom. The Balaban J connectivity index is 2.55. The molecule has 0 amide bonds. The van der Waals surface area contributed by atoms with E-state index in [9.17, 15) is 0 Å². The number of allylic oxidation sites excluding steroid dienone is 1. The number of nitrogens with zero attached hydrogens (tertiary/aromatic N) is 4. The molecule has 0 radical (unpaired) electrons. The van der Waals surface area contributed by atoms with Crippen molar-refractivity contribution in [2.45, 2.75) is 0 Å². The molecule has 0 spiro atoms. The third-order valence-corrected chi connectivity index (χ3v) is 2.84. The largest absolute Gasteiger partial charge is 0.405 e. The molecule has 2 aromatic rings. The van der Waals surface area contributed by atoms with Crippen LogP contribution in [0.3, 0.4) is 0 Å². The molecule has 0 bridgehead atoms. The van der Waals surface area contributed by atoms with Crippen molar-refractivity contribution >= 4 is 23.1 Å². The van der Waals surface area contributed by atoms with Gasteiger partial charge in [-0.2, -0.15) is 0 Å². The Morgan fingerprint density at radius 3 is 3.06 bits per heavy atom. The molecule has 5 nitrogen and oxygen atoms in total. The SMILES string of the molecule is C=C(/N=C(\C=C/N)c1nnc2ccccn12)SC. The van der Waals surface area contributed by atoms with Gasteiger partial charge in [-0.15, -0.1) is 22.0 Å². The van der Waals surface area contributed by atoms with E-state index in [2.05, 4.69) is 21.8 Å². The maximum absolute atomic E-state index is 5.44. The first-order chi connectivity index (χ1) is 8.76. The summed E-state index contributed by atoms with van der Waals surface area (Å²) in [6.45, 7) is 3.83. The van der Waals surface area contributed by atoms with Crippen molar-refractivity contribution in [2.24, 2.45) is 10.7 Å². The van der Waals surface area contributed by atoms with Gasteiger partial charge in [0.25, 0.3) is 0 Å². The fourth-order valence-electron chi connectivity index (χ4n) is 1.45. The zero-order valence-electron chi connectivity index (χ0n) is 9.95. The van der Waals surface area contributed by atoms with Gasteiger partial charge in [-0.1, -0.05) is 12.6 Å². The van der Waals surface area contributed by atoms with Crippen molar-refractivity contribution in [3.8, 4) is 0 Å². The van der Waals surface area contributed by atoms with Crippen molar-refractivity contribution in [2.75, 3.05) is 6.26 Å². The molecule has 2 rings (SSSR count). The lowest BCUT2D eigenvalue weighted by molar-refractivity contribution is 1.07. The number of aromatic nitrogens is 3. The van der Waals surface area contributed by atoms with Crippen LogP contribution in [0, 0.1) is 0 Å². The highest BCUT2D eigenvalue weighted by Crippen LogP contribution is 2.13. The van der Waals surface area contributed by atoms with Gasteiger partial charge in [0.2, 0.25) is 0 Å². The lowest BCUT2D eigenvalue weighted by Crippen LogP contribution is -2.05. The third kappa shape index (κ3) is 2.43. The van der Waals surface area contributed by atoms with E-state index in [1.807, 2.05) is 35.1 Å². The van der Waals surface area contributed by atoms with Gasteiger partial charge in [0.15, 0.2) is 11.5 Å². The van der Waals surface area contributed by atoms with Crippen LogP contribution < -0.4 is 5.73 Å². The highest BCUT2D eigenvalue weighted by molar-refractivity contribution is 8.02. The van der Waals surface area contributed by atoms with Gasteiger partial charge in [0, 0.05) is 6.20 Å². The number of fused-ring (bicyclic) bond motifs is 1. The van der Waals surface area contributed by atoms with Gasteiger partial charge in [0.1, 0.15) is 5.71 Å². The van der Waals surface area contributed by atoms with E-state index >= 15 is 0 Å². The lowest BCUT2D eigenvalue weighted by atomic mass is 10.3. The molecule has 2 aromatic heterocycles. The maximum atomic E-state index is 5.44. The minimum absolute atomic E-state index is 0.635. The first kappa shape index (κ1) is 12.4. The summed E-state index contributed by atoms with van der Waals surface area (Å²) in [5, 5.41) is 8.89. The van der Waals surface area contributed by atoms with Gasteiger partial charge >= 0.3 is 0 Å². The molecule has 92 valence electrons. The summed E-state index contributed by atoms with van der Waals surface area (Å²) < 4.78 is 1.85. The molecule has 0 aliphatic rings. The molecule has 0 saturated heterocycles. The van der Waals surface area contributed by atoms with E-state index in [0.29, 0.717) is 16.6 Å². The minimum Gasteiger partial charge on any atom is -0.405 e. The van der Waals surface area contributed by atoms with Crippen LogP contribution in [0.4, 0.5) is 0 Å². The normalized spacial score (nSPS) is 12.4. The second-order valence-corrected chi connectivity index (χ2v) is 4.29. The van der Waals surface area contributed by atoms with Crippen LogP contribution in [0.25, 0.3) is 5.65 Å². The topological polar surface area (TPSA) is 68.6 Å². The summed E-state index contributed by atoms with van der Waals surface area (Å²) in [6, 6.07) is 5.70. The van der Waals surface area contributed by atoms with Crippen LogP contribution >= 0.6 is 11.8 Å². The predicted molar refractivity (Wildman–Crippen MR) is 75.5 cm³/mol. The molecule has 2 heterocycles. The van der Waals surface area contributed by atoms with E-state index in [4.69, 9.17) is 5.73 Å². The standard InChI is InChI=1S/C12H13N5S/c1-9(18-2)14-10(6-7-13)12-16-15-11-5-3-4-8-17(11)12/h3-8H,1,13H2,2H3/b7-6-,14-10+. The smallest absolute Gasteiger partial charge is 0.187 e. The fraction of sp³-hybridized carbons (Fsp3) is 0.0833. The zero-order valence-corrected chi connectivity index (χ0v) is 10.8. The Bertz CT molecular complexity index is 626. The predicted octanol–water partition coefficient (Wildman–Crippen LogP) is 1.82. The van der Waals surface area contributed by atoms with E-state index in [-0.39, 0.29) is 0 Å². The number of pyridine rings is 1. The second-order valence-electron chi connectivity index (χ2n) is 3.41. The Labute approximate surface area is 109 Å². The van der Waals surface area contributed by atoms with Crippen LogP contribution in [0.15, 0.2) is 53.3 Å². The van der Waals surface area contributed by atoms with Crippen molar-refractivity contribution in [1.82, 2.24) is 14.6 Å². The van der Waals surface area contributed by atoms with Crippen molar-refractivity contribution in [3.05, 3.63) is 54.1 Å². The third-order valence-electron chi connectivity index (χ3n) is 2.28. The van der Waals surface area contributed by atoms with Gasteiger partial charge in [-0.3, -0.25) is 4.40 Å². The average molecular weight is 259 g/mol. The summed E-state index contributed by atoms with van der Waals surface area (Å²) in [4.78, 5) is 4.37. The van der Waals surface area contributed by atoms with Gasteiger partial charge < -0.3 is 5.73 Å². The van der Waals surface area contributed by atoms with E-state index in [1.54, 1.807) is 6.08 Å². The minimum atomic E-state index is 0.635. The van der Waals surface area contributed by atoms with Crippen LogP contribution in [-0.4, -0.2) is 26.6 Å². The van der Waals surface area contributed by atoms with Crippen molar-refractivity contribution < 1.29 is 0 Å². The number of thioether (sulfide) groups is 1. The number of hydrogen-bond donors (Lipinski definition) is 1. The quantitative estimate of drug-likeness (QED) is 0.850. The molecule has 6 heteroatoms. The summed E-state index contributed by atoms with van der Waals surface area (Å²) in [7, 11) is 0. The molecule has 0 aromatic carbocycles. The Hall–Kier alpha value is -2.08. The highest BCUT2D eigenvalue weighted by Gasteiger charge is 2.09. The van der Waals surface area contributed by atoms with Crippen molar-refractivity contribution in [3.63, 3.8) is 0 Å². The average Bonchev–Trinajstić information content (AvgIpc) is 2.82. The number of hydrogen-bond acceptors (Lipinski definition) is 5.